The Balaban J connectivity index is 1.46. The van der Waals surface area contributed by atoms with E-state index < -0.39 is 47.1 Å². The van der Waals surface area contributed by atoms with E-state index in [1.807, 2.05) is 27.7 Å². The lowest BCUT2D eigenvalue weighted by Crippen LogP contribution is -2.66. The Bertz CT molecular complexity index is 1890. The molecule has 1 aliphatic carbocycles. The highest BCUT2D eigenvalue weighted by atomic mass is 19.3. The van der Waals surface area contributed by atoms with Gasteiger partial charge in [0, 0.05) is 55.3 Å². The minimum atomic E-state index is -3.32. The van der Waals surface area contributed by atoms with Crippen LogP contribution >= 0.6 is 0 Å². The minimum Gasteiger partial charge on any atom is -0.381 e. The van der Waals surface area contributed by atoms with E-state index >= 15 is 8.78 Å². The first kappa shape index (κ1) is 42.5. The zero-order chi connectivity index (χ0) is 40.6. The molecule has 10 nitrogen and oxygen atoms in total. The van der Waals surface area contributed by atoms with Gasteiger partial charge >= 0.3 is 0 Å². The van der Waals surface area contributed by atoms with E-state index in [2.05, 4.69) is 32.8 Å². The molecule has 5 rings (SSSR count). The van der Waals surface area contributed by atoms with Gasteiger partial charge in [-0.25, -0.2) is 4.39 Å². The second-order valence-electron chi connectivity index (χ2n) is 15.6. The van der Waals surface area contributed by atoms with Crippen molar-refractivity contribution in [1.82, 2.24) is 26.3 Å². The van der Waals surface area contributed by atoms with Crippen LogP contribution in [0.5, 0.6) is 0 Å². The molecule has 13 heteroatoms. The Kier molecular flexibility index (Phi) is 14.1. The number of aryl methyl sites for hydroxylation is 1. The number of hydrogen-bond acceptors (Lipinski definition) is 5. The quantitative estimate of drug-likeness (QED) is 0.104. The highest BCUT2D eigenvalue weighted by molar-refractivity contribution is 5.97. The molecule has 2 aliphatic rings. The summed E-state index contributed by atoms with van der Waals surface area (Å²) in [6, 6.07) is 8.94. The van der Waals surface area contributed by atoms with Gasteiger partial charge in [0.05, 0.1) is 11.9 Å². The number of aromatic nitrogens is 1. The fourth-order valence-corrected chi connectivity index (χ4v) is 7.77. The molecular weight excluding hydrogens is 723 g/mol. The fourth-order valence-electron chi connectivity index (χ4n) is 7.77. The van der Waals surface area contributed by atoms with Crippen LogP contribution in [0.1, 0.15) is 88.6 Å². The monoisotopic (exact) mass is 779 g/mol. The smallest absolute Gasteiger partial charge is 0.293 e. The third-order valence-corrected chi connectivity index (χ3v) is 11.8. The zero-order valence-corrected chi connectivity index (χ0v) is 32.9. The summed E-state index contributed by atoms with van der Waals surface area (Å²) in [5.41, 5.74) is -0.0949. The van der Waals surface area contributed by atoms with E-state index in [1.165, 1.54) is 30.3 Å². The molecule has 2 unspecified atom stereocenters. The first-order valence-electron chi connectivity index (χ1n) is 19.9. The summed E-state index contributed by atoms with van der Waals surface area (Å²) >= 11 is 0. The molecule has 0 bridgehead atoms. The van der Waals surface area contributed by atoms with E-state index in [9.17, 15) is 23.6 Å². The predicted octanol–water partition coefficient (Wildman–Crippen LogP) is 6.17. The van der Waals surface area contributed by atoms with E-state index in [-0.39, 0.29) is 72.5 Å². The van der Waals surface area contributed by atoms with Gasteiger partial charge in [0.15, 0.2) is 0 Å². The van der Waals surface area contributed by atoms with Crippen molar-refractivity contribution in [2.75, 3.05) is 19.8 Å². The van der Waals surface area contributed by atoms with Gasteiger partial charge in [0.25, 0.3) is 5.92 Å². The van der Waals surface area contributed by atoms with Crippen molar-refractivity contribution in [2.45, 2.75) is 109 Å². The number of alkyl halides is 2. The lowest BCUT2D eigenvalue weighted by molar-refractivity contribution is -0.137. The van der Waals surface area contributed by atoms with Gasteiger partial charge in [-0.2, -0.15) is 8.78 Å². The van der Waals surface area contributed by atoms with Gasteiger partial charge in [0.1, 0.15) is 17.4 Å². The SMILES string of the molecule is C=CC(F)(F)c1cccc2c3c([nH]c12)CC[C@](NC(=O)[C@@H](NC(=O)Cc1ccccc1F)C(C)CC)(C(=O)N[C@H](CNC(=O)CC1CCOCC1)C(C)CC)C3. The summed E-state index contributed by atoms with van der Waals surface area (Å²) in [5, 5.41) is 12.5. The summed E-state index contributed by atoms with van der Waals surface area (Å²) < 4.78 is 50.0. The molecule has 1 saturated heterocycles. The standard InChI is InChI=1S/C43H56F3N5O5/c1-6-26(4)35(25-47-36(52)22-28-17-20-56-21-18-28)49-41(55)42(19-16-34-31(24-42)30-13-11-14-32(39(30)48-34)43(45,46)8-3)51-40(54)38(27(5)7-2)50-37(53)23-29-12-9-10-15-33(29)44/h8-15,26-28,35,38,48H,3,6-7,16-25H2,1-2,4-5H3,(H,47,52)(H,49,55)(H,50,53)(H,51,54)/t26?,27?,35-,38+,42-/m1/s1. The normalized spacial score (nSPS) is 19.6. The van der Waals surface area contributed by atoms with Gasteiger partial charge in [-0.1, -0.05) is 83.5 Å². The third-order valence-electron chi connectivity index (χ3n) is 11.8. The molecule has 0 radical (unpaired) electrons. The minimum absolute atomic E-state index is 0.0250. The molecule has 5 atom stereocenters. The number of ether oxygens (including phenoxy) is 1. The number of aromatic amines is 1. The van der Waals surface area contributed by atoms with Crippen molar-refractivity contribution in [3.8, 4) is 0 Å². The number of benzene rings is 2. The van der Waals surface area contributed by atoms with E-state index in [4.69, 9.17) is 4.74 Å². The van der Waals surface area contributed by atoms with Crippen LogP contribution in [0.25, 0.3) is 10.9 Å². The van der Waals surface area contributed by atoms with Crippen molar-refractivity contribution in [1.29, 1.82) is 0 Å². The Morgan fingerprint density at radius 3 is 2.39 bits per heavy atom. The number of para-hydroxylation sites is 1. The second-order valence-corrected chi connectivity index (χ2v) is 15.6. The number of amides is 4. The number of carbonyl (C=O) groups excluding carboxylic acids is 4. The van der Waals surface area contributed by atoms with Crippen molar-refractivity contribution in [2.24, 2.45) is 17.8 Å². The summed E-state index contributed by atoms with van der Waals surface area (Å²) in [7, 11) is 0. The summed E-state index contributed by atoms with van der Waals surface area (Å²) in [4.78, 5) is 58.7. The van der Waals surface area contributed by atoms with Gasteiger partial charge in [-0.05, 0) is 66.7 Å². The van der Waals surface area contributed by atoms with Crippen LogP contribution in [0, 0.1) is 23.6 Å². The molecule has 56 heavy (non-hydrogen) atoms. The Labute approximate surface area is 327 Å². The highest BCUT2D eigenvalue weighted by Gasteiger charge is 2.46. The van der Waals surface area contributed by atoms with Crippen LogP contribution < -0.4 is 21.3 Å². The number of H-pyrrole nitrogens is 1. The molecular formula is C43H56F3N5O5. The van der Waals surface area contributed by atoms with Gasteiger partial charge in [0.2, 0.25) is 23.6 Å². The maximum Gasteiger partial charge on any atom is 0.293 e. The van der Waals surface area contributed by atoms with E-state index in [1.54, 1.807) is 12.1 Å². The third kappa shape index (κ3) is 9.83. The van der Waals surface area contributed by atoms with Gasteiger partial charge in [-0.15, -0.1) is 0 Å². The van der Waals surface area contributed by atoms with E-state index in [0.717, 1.165) is 12.8 Å². The molecule has 2 aromatic carbocycles. The number of fused-ring (bicyclic) bond motifs is 3. The zero-order valence-electron chi connectivity index (χ0n) is 32.9. The topological polar surface area (TPSA) is 141 Å². The lowest BCUT2D eigenvalue weighted by Gasteiger charge is -2.40. The number of rotatable bonds is 17. The molecule has 0 saturated carbocycles. The summed E-state index contributed by atoms with van der Waals surface area (Å²) in [5.74, 6) is -5.80. The van der Waals surface area contributed by atoms with Crippen molar-refractivity contribution in [3.05, 3.63) is 83.3 Å². The molecule has 1 aromatic heterocycles. The second kappa shape index (κ2) is 18.5. The van der Waals surface area contributed by atoms with Crippen molar-refractivity contribution in [3.63, 3.8) is 0 Å². The average Bonchev–Trinajstić information content (AvgIpc) is 3.56. The van der Waals surface area contributed by atoms with Gasteiger partial charge in [-0.3, -0.25) is 19.2 Å². The highest BCUT2D eigenvalue weighted by Crippen LogP contribution is 2.40. The van der Waals surface area contributed by atoms with Crippen molar-refractivity contribution >= 4 is 34.5 Å². The van der Waals surface area contributed by atoms with Crippen LogP contribution in [0.15, 0.2) is 55.1 Å². The summed E-state index contributed by atoms with van der Waals surface area (Å²) in [6.07, 6.45) is 3.83. The van der Waals surface area contributed by atoms with Crippen LogP contribution in [0.3, 0.4) is 0 Å². The Hall–Kier alpha value is -4.65. The fraction of sp³-hybridized carbons (Fsp3) is 0.535. The number of carbonyl (C=O) groups is 4. The number of hydrogen-bond donors (Lipinski definition) is 5. The van der Waals surface area contributed by atoms with Gasteiger partial charge < -0.3 is 31.0 Å². The van der Waals surface area contributed by atoms with Crippen molar-refractivity contribution < 1.29 is 37.1 Å². The van der Waals surface area contributed by atoms with Crippen LogP contribution in [-0.2, 0) is 49.1 Å². The largest absolute Gasteiger partial charge is 0.381 e. The average molecular weight is 780 g/mol. The molecule has 5 N–H and O–H groups in total. The molecule has 3 aromatic rings. The number of allylic oxidation sites excluding steroid dienone is 1. The number of nitrogens with one attached hydrogen (secondary N) is 5. The van der Waals surface area contributed by atoms with Crippen LogP contribution in [0.4, 0.5) is 13.2 Å². The molecule has 304 valence electrons. The van der Waals surface area contributed by atoms with Crippen LogP contribution in [-0.4, -0.2) is 66.0 Å². The predicted molar refractivity (Wildman–Crippen MR) is 209 cm³/mol. The maximum atomic E-state index is 15.1. The number of halogens is 3. The van der Waals surface area contributed by atoms with Crippen LogP contribution in [0.2, 0.25) is 0 Å². The molecule has 4 amide bonds. The molecule has 1 aliphatic heterocycles. The first-order chi connectivity index (χ1) is 26.7. The Morgan fingerprint density at radius 1 is 1.00 bits per heavy atom. The summed E-state index contributed by atoms with van der Waals surface area (Å²) in [6.45, 7) is 12.4. The lowest BCUT2D eigenvalue weighted by atomic mass is 9.78. The molecule has 2 heterocycles. The Morgan fingerprint density at radius 2 is 1.71 bits per heavy atom. The van der Waals surface area contributed by atoms with E-state index in [0.29, 0.717) is 55.2 Å². The first-order valence-corrected chi connectivity index (χ1v) is 19.9. The molecule has 0 spiro atoms. The maximum absolute atomic E-state index is 15.1. The molecule has 1 fully saturated rings.